The van der Waals surface area contributed by atoms with Crippen LogP contribution in [0.4, 0.5) is 0 Å². The molecule has 0 fully saturated rings. The van der Waals surface area contributed by atoms with Gasteiger partial charge in [-0.2, -0.15) is 0 Å². The molecule has 0 bridgehead atoms. The molecule has 1 unspecified atom stereocenters. The lowest BCUT2D eigenvalue weighted by atomic mass is 10.0. The van der Waals surface area contributed by atoms with Gasteiger partial charge in [-0.3, -0.25) is 14.4 Å². The van der Waals surface area contributed by atoms with Crippen molar-refractivity contribution in [3.8, 4) is 0 Å². The molecule has 6 nitrogen and oxygen atoms in total. The minimum absolute atomic E-state index is 0.0820. The summed E-state index contributed by atoms with van der Waals surface area (Å²) in [4.78, 5) is 36.1. The number of rotatable bonds is 9. The highest BCUT2D eigenvalue weighted by Gasteiger charge is 2.24. The molecule has 0 saturated carbocycles. The highest BCUT2D eigenvalue weighted by atomic mass is 16.5. The van der Waals surface area contributed by atoms with Crippen molar-refractivity contribution in [2.24, 2.45) is 5.92 Å². The van der Waals surface area contributed by atoms with E-state index in [4.69, 9.17) is 4.74 Å². The maximum atomic E-state index is 12.3. The second-order valence-electron chi connectivity index (χ2n) is 6.32. The number of benzene rings is 1. The van der Waals surface area contributed by atoms with E-state index in [1.165, 1.54) is 0 Å². The monoisotopic (exact) mass is 348 g/mol. The van der Waals surface area contributed by atoms with E-state index >= 15 is 0 Å². The fourth-order valence-corrected chi connectivity index (χ4v) is 2.15. The maximum Gasteiger partial charge on any atom is 0.307 e. The molecule has 1 atom stereocenters. The summed E-state index contributed by atoms with van der Waals surface area (Å²) in [6.07, 6.45) is 0.876. The minimum atomic E-state index is -0.666. The van der Waals surface area contributed by atoms with Gasteiger partial charge in [0.15, 0.2) is 0 Å². The van der Waals surface area contributed by atoms with Gasteiger partial charge >= 0.3 is 5.97 Å². The molecule has 0 radical (unpaired) electrons. The Morgan fingerprint density at radius 1 is 1.12 bits per heavy atom. The van der Waals surface area contributed by atoms with Crippen LogP contribution in [0.2, 0.25) is 0 Å². The zero-order chi connectivity index (χ0) is 18.8. The highest BCUT2D eigenvalue weighted by Crippen LogP contribution is 2.07. The number of carbonyl (C=O) groups excluding carboxylic acids is 3. The molecule has 2 N–H and O–H groups in total. The van der Waals surface area contributed by atoms with E-state index in [0.717, 1.165) is 12.0 Å². The lowest BCUT2D eigenvalue weighted by molar-refractivity contribution is -0.143. The van der Waals surface area contributed by atoms with Crippen LogP contribution >= 0.6 is 0 Å². The van der Waals surface area contributed by atoms with Gasteiger partial charge < -0.3 is 15.4 Å². The van der Waals surface area contributed by atoms with Crippen LogP contribution in [0.3, 0.4) is 0 Å². The van der Waals surface area contributed by atoms with E-state index < -0.39 is 6.04 Å². The van der Waals surface area contributed by atoms with Gasteiger partial charge in [-0.05, 0) is 31.4 Å². The van der Waals surface area contributed by atoms with Crippen LogP contribution in [0.25, 0.3) is 0 Å². The molecule has 6 heteroatoms. The van der Waals surface area contributed by atoms with Crippen molar-refractivity contribution >= 4 is 17.8 Å². The predicted molar refractivity (Wildman–Crippen MR) is 96.1 cm³/mol. The van der Waals surface area contributed by atoms with Crippen molar-refractivity contribution < 1.29 is 19.1 Å². The molecule has 25 heavy (non-hydrogen) atoms. The Morgan fingerprint density at radius 3 is 2.32 bits per heavy atom. The van der Waals surface area contributed by atoms with Crippen LogP contribution in [0.15, 0.2) is 24.3 Å². The largest absolute Gasteiger partial charge is 0.466 e. The summed E-state index contributed by atoms with van der Waals surface area (Å²) in [5.41, 5.74) is 1.57. The first-order valence-electron chi connectivity index (χ1n) is 8.66. The van der Waals surface area contributed by atoms with E-state index in [0.29, 0.717) is 12.2 Å². The molecule has 0 aliphatic carbocycles. The van der Waals surface area contributed by atoms with Gasteiger partial charge in [-0.25, -0.2) is 0 Å². The van der Waals surface area contributed by atoms with Crippen LogP contribution in [0, 0.1) is 12.8 Å². The van der Waals surface area contributed by atoms with Crippen molar-refractivity contribution in [3.63, 3.8) is 0 Å². The van der Waals surface area contributed by atoms with Gasteiger partial charge in [0.05, 0.1) is 13.0 Å². The SMILES string of the molecule is CCCOC(=O)CCNC(=O)C(NC(=O)c1ccc(C)cc1)C(C)C. The van der Waals surface area contributed by atoms with Gasteiger partial charge in [0.2, 0.25) is 5.91 Å². The number of aryl methyl sites for hydroxylation is 1. The molecule has 1 aromatic rings. The molecule has 1 aromatic carbocycles. The molecule has 1 rings (SSSR count). The zero-order valence-corrected chi connectivity index (χ0v) is 15.4. The Balaban J connectivity index is 2.54. The Hall–Kier alpha value is -2.37. The van der Waals surface area contributed by atoms with Crippen molar-refractivity contribution in [1.82, 2.24) is 10.6 Å². The van der Waals surface area contributed by atoms with Gasteiger partial charge in [0, 0.05) is 12.1 Å². The third-order valence-corrected chi connectivity index (χ3v) is 3.65. The summed E-state index contributed by atoms with van der Waals surface area (Å²) >= 11 is 0. The predicted octanol–water partition coefficient (Wildman–Crippen LogP) is 2.21. The lowest BCUT2D eigenvalue weighted by Crippen LogP contribution is -2.50. The molecular weight excluding hydrogens is 320 g/mol. The van der Waals surface area contributed by atoms with Crippen molar-refractivity contribution in [3.05, 3.63) is 35.4 Å². The second kappa shape index (κ2) is 10.5. The summed E-state index contributed by atoms with van der Waals surface area (Å²) in [5, 5.41) is 5.44. The van der Waals surface area contributed by atoms with Gasteiger partial charge in [0.1, 0.15) is 6.04 Å². The van der Waals surface area contributed by atoms with Gasteiger partial charge in [-0.15, -0.1) is 0 Å². The number of ether oxygens (including phenoxy) is 1. The summed E-state index contributed by atoms with van der Waals surface area (Å²) in [7, 11) is 0. The first-order chi connectivity index (χ1) is 11.8. The third-order valence-electron chi connectivity index (χ3n) is 3.65. The average Bonchev–Trinajstić information content (AvgIpc) is 2.57. The molecule has 0 spiro atoms. The summed E-state index contributed by atoms with van der Waals surface area (Å²) < 4.78 is 4.95. The Labute approximate surface area is 149 Å². The van der Waals surface area contributed by atoms with Crippen LogP contribution in [0.5, 0.6) is 0 Å². The Morgan fingerprint density at radius 2 is 1.76 bits per heavy atom. The molecule has 0 heterocycles. The van der Waals surface area contributed by atoms with Crippen LogP contribution in [0.1, 0.15) is 49.5 Å². The molecule has 2 amide bonds. The first-order valence-corrected chi connectivity index (χ1v) is 8.66. The third kappa shape index (κ3) is 7.37. The van der Waals surface area contributed by atoms with E-state index in [1.807, 2.05) is 39.8 Å². The number of esters is 1. The second-order valence-corrected chi connectivity index (χ2v) is 6.32. The summed E-state index contributed by atoms with van der Waals surface area (Å²) in [5.74, 6) is -1.02. The highest BCUT2D eigenvalue weighted by molar-refractivity contribution is 5.97. The number of hydrogen-bond acceptors (Lipinski definition) is 4. The normalized spacial score (nSPS) is 11.7. The van der Waals surface area contributed by atoms with E-state index in [2.05, 4.69) is 10.6 Å². The van der Waals surface area contributed by atoms with Crippen LogP contribution in [-0.4, -0.2) is 37.0 Å². The van der Waals surface area contributed by atoms with E-state index in [9.17, 15) is 14.4 Å². The van der Waals surface area contributed by atoms with Gasteiger partial charge in [-0.1, -0.05) is 38.5 Å². The van der Waals surface area contributed by atoms with Crippen LogP contribution < -0.4 is 10.6 Å². The first kappa shape index (κ1) is 20.7. The molecule has 0 aliphatic rings. The molecule has 0 aliphatic heterocycles. The van der Waals surface area contributed by atoms with E-state index in [1.54, 1.807) is 12.1 Å². The fraction of sp³-hybridized carbons (Fsp3) is 0.526. The van der Waals surface area contributed by atoms with Crippen molar-refractivity contribution in [2.45, 2.75) is 46.6 Å². The minimum Gasteiger partial charge on any atom is -0.466 e. The van der Waals surface area contributed by atoms with Crippen molar-refractivity contribution in [1.29, 1.82) is 0 Å². The van der Waals surface area contributed by atoms with Crippen LogP contribution in [-0.2, 0) is 14.3 Å². The average molecular weight is 348 g/mol. The molecular formula is C19H28N2O4. The standard InChI is InChI=1S/C19H28N2O4/c1-5-12-25-16(22)10-11-20-19(24)17(13(2)3)21-18(23)15-8-6-14(4)7-9-15/h6-9,13,17H,5,10-12H2,1-4H3,(H,20,24)(H,21,23). The molecule has 0 aromatic heterocycles. The van der Waals surface area contributed by atoms with Gasteiger partial charge in [0.25, 0.3) is 5.91 Å². The summed E-state index contributed by atoms with van der Waals surface area (Å²) in [6.45, 7) is 8.14. The zero-order valence-electron chi connectivity index (χ0n) is 15.4. The van der Waals surface area contributed by atoms with E-state index in [-0.39, 0.29) is 36.7 Å². The topological polar surface area (TPSA) is 84.5 Å². The lowest BCUT2D eigenvalue weighted by Gasteiger charge is -2.21. The number of hydrogen-bond donors (Lipinski definition) is 2. The Kier molecular flexibility index (Phi) is 8.67. The fourth-order valence-electron chi connectivity index (χ4n) is 2.15. The maximum absolute atomic E-state index is 12.3. The smallest absolute Gasteiger partial charge is 0.307 e. The molecule has 0 saturated heterocycles. The quantitative estimate of drug-likeness (QED) is 0.670. The number of nitrogens with one attached hydrogen (secondary N) is 2. The number of amides is 2. The Bertz CT molecular complexity index is 582. The summed E-state index contributed by atoms with van der Waals surface area (Å²) in [6, 6.07) is 6.48. The van der Waals surface area contributed by atoms with Crippen molar-refractivity contribution in [2.75, 3.05) is 13.2 Å². The number of carbonyl (C=O) groups is 3. The molecule has 138 valence electrons.